The van der Waals surface area contributed by atoms with E-state index in [-0.39, 0.29) is 0 Å². The fourth-order valence-corrected chi connectivity index (χ4v) is 4.12. The molecule has 1 rings (SSSR count). The number of primary sulfonamides is 1. The monoisotopic (exact) mass is 489 g/mol. The molecule has 14 heteroatoms. The van der Waals surface area contributed by atoms with Gasteiger partial charge in [0, 0.05) is 27.7 Å². The Balaban J connectivity index is 3.56. The van der Waals surface area contributed by atoms with Crippen molar-refractivity contribution in [2.45, 2.75) is 56.0 Å². The van der Waals surface area contributed by atoms with Gasteiger partial charge in [0.25, 0.3) is 0 Å². The van der Waals surface area contributed by atoms with E-state index < -0.39 is 68.8 Å². The Hall–Kier alpha value is -1.77. The minimum atomic E-state index is -4.55. The van der Waals surface area contributed by atoms with Crippen LogP contribution in [0.5, 0.6) is 0 Å². The summed E-state index contributed by atoms with van der Waals surface area (Å²) in [4.78, 5) is 45.8. The molecule has 0 bridgehead atoms. The van der Waals surface area contributed by atoms with Gasteiger partial charge in [-0.3, -0.25) is 19.2 Å². The number of carbonyl (C=O) groups excluding carboxylic acids is 4. The number of nitrogens with two attached hydrogens (primary N) is 1. The van der Waals surface area contributed by atoms with Crippen molar-refractivity contribution in [2.24, 2.45) is 5.14 Å². The molecular formula is C14H20BrNO11S. The molecular weight excluding hydrogens is 470 g/mol. The zero-order valence-electron chi connectivity index (χ0n) is 15.4. The molecule has 0 radical (unpaired) electrons. The second kappa shape index (κ2) is 9.15. The third kappa shape index (κ3) is 6.39. The first-order valence-corrected chi connectivity index (χ1v) is 10.1. The molecule has 0 amide bonds. The molecule has 0 aromatic carbocycles. The molecule has 0 aromatic rings. The first kappa shape index (κ1) is 24.3. The second-order valence-electron chi connectivity index (χ2n) is 5.82. The molecule has 1 aliphatic rings. The molecule has 1 heterocycles. The molecule has 0 unspecified atom stereocenters. The van der Waals surface area contributed by atoms with E-state index in [0.717, 1.165) is 27.7 Å². The van der Waals surface area contributed by atoms with Gasteiger partial charge in [0.15, 0.2) is 22.8 Å². The van der Waals surface area contributed by atoms with Crippen LogP contribution in [0.2, 0.25) is 0 Å². The smallest absolute Gasteiger partial charge is 0.303 e. The maximum Gasteiger partial charge on any atom is 0.303 e. The van der Waals surface area contributed by atoms with Crippen LogP contribution in [0, 0.1) is 0 Å². The van der Waals surface area contributed by atoms with E-state index in [1.54, 1.807) is 0 Å². The number of ether oxygens (including phenoxy) is 5. The highest BCUT2D eigenvalue weighted by Crippen LogP contribution is 2.41. The Morgan fingerprint density at radius 2 is 1.39 bits per heavy atom. The maximum atomic E-state index is 12.0. The highest BCUT2D eigenvalue weighted by molar-refractivity contribution is 9.10. The highest BCUT2D eigenvalue weighted by atomic mass is 79.9. The van der Waals surface area contributed by atoms with E-state index in [4.69, 9.17) is 28.8 Å². The summed E-state index contributed by atoms with van der Waals surface area (Å²) in [7, 11) is -4.55. The minimum absolute atomic E-state index is 0.656. The number of rotatable bonds is 6. The molecule has 0 aromatic heterocycles. The van der Waals surface area contributed by atoms with E-state index in [9.17, 15) is 27.6 Å². The van der Waals surface area contributed by atoms with Gasteiger partial charge >= 0.3 is 23.9 Å². The van der Waals surface area contributed by atoms with Gasteiger partial charge in [0.1, 0.15) is 6.61 Å². The number of carbonyl (C=O) groups is 4. The lowest BCUT2D eigenvalue weighted by molar-refractivity contribution is -0.246. The number of hydrogen-bond donors (Lipinski definition) is 1. The molecule has 1 saturated heterocycles. The fourth-order valence-electron chi connectivity index (χ4n) is 2.44. The minimum Gasteiger partial charge on any atom is -0.462 e. The topological polar surface area (TPSA) is 175 Å². The quantitative estimate of drug-likeness (QED) is 0.277. The third-order valence-electron chi connectivity index (χ3n) is 3.32. The molecule has 28 heavy (non-hydrogen) atoms. The maximum absolute atomic E-state index is 12.0. The summed E-state index contributed by atoms with van der Waals surface area (Å²) in [6.07, 6.45) is -5.00. The van der Waals surface area contributed by atoms with E-state index in [1.165, 1.54) is 0 Å². The molecule has 160 valence electrons. The molecule has 1 aliphatic heterocycles. The molecule has 12 nitrogen and oxygen atoms in total. The average molecular weight is 490 g/mol. The fraction of sp³-hybridized carbons (Fsp3) is 0.714. The predicted octanol–water partition coefficient (Wildman–Crippen LogP) is -0.919. The van der Waals surface area contributed by atoms with Crippen LogP contribution in [0.15, 0.2) is 0 Å². The number of sulfonamides is 1. The van der Waals surface area contributed by atoms with Gasteiger partial charge in [0.2, 0.25) is 15.5 Å². The number of hydrogen-bond acceptors (Lipinski definition) is 11. The van der Waals surface area contributed by atoms with Gasteiger partial charge in [-0.05, 0) is 15.9 Å². The van der Waals surface area contributed by atoms with Crippen LogP contribution in [0.3, 0.4) is 0 Å². The highest BCUT2D eigenvalue weighted by Gasteiger charge is 2.62. The van der Waals surface area contributed by atoms with Gasteiger partial charge in [0.05, 0.1) is 0 Å². The van der Waals surface area contributed by atoms with Crippen molar-refractivity contribution < 1.29 is 51.3 Å². The van der Waals surface area contributed by atoms with Crippen molar-refractivity contribution in [1.82, 2.24) is 0 Å². The lowest BCUT2D eigenvalue weighted by Crippen LogP contribution is -2.68. The first-order valence-electron chi connectivity index (χ1n) is 7.70. The third-order valence-corrected chi connectivity index (χ3v) is 5.20. The molecule has 1 fully saturated rings. The number of esters is 4. The second-order valence-corrected chi connectivity index (χ2v) is 8.80. The molecule has 0 saturated carbocycles. The Bertz CT molecular complexity index is 754. The largest absolute Gasteiger partial charge is 0.462 e. The summed E-state index contributed by atoms with van der Waals surface area (Å²) >= 11 is 3.05. The summed E-state index contributed by atoms with van der Waals surface area (Å²) in [5.74, 6) is -3.48. The summed E-state index contributed by atoms with van der Waals surface area (Å²) in [6.45, 7) is 3.41. The zero-order chi connectivity index (χ0) is 21.9. The van der Waals surface area contributed by atoms with Gasteiger partial charge in [-0.1, -0.05) is 0 Å². The van der Waals surface area contributed by atoms with Gasteiger partial charge in [-0.15, -0.1) is 0 Å². The zero-order valence-corrected chi connectivity index (χ0v) is 17.8. The summed E-state index contributed by atoms with van der Waals surface area (Å²) in [6, 6.07) is 0. The van der Waals surface area contributed by atoms with Crippen LogP contribution < -0.4 is 5.14 Å². The molecule has 5 atom stereocenters. The Labute approximate surface area is 169 Å². The molecule has 2 N–H and O–H groups in total. The van der Waals surface area contributed by atoms with Gasteiger partial charge < -0.3 is 23.7 Å². The van der Waals surface area contributed by atoms with Crippen LogP contribution in [0.4, 0.5) is 0 Å². The van der Waals surface area contributed by atoms with Crippen molar-refractivity contribution in [3.63, 3.8) is 0 Å². The Kier molecular flexibility index (Phi) is 7.93. The molecule has 0 spiro atoms. The summed E-state index contributed by atoms with van der Waals surface area (Å²) in [5.41, 5.74) is -2.04. The van der Waals surface area contributed by atoms with E-state index in [2.05, 4.69) is 15.9 Å². The van der Waals surface area contributed by atoms with Crippen molar-refractivity contribution in [2.75, 3.05) is 6.61 Å². The summed E-state index contributed by atoms with van der Waals surface area (Å²) < 4.78 is 47.5. The van der Waals surface area contributed by atoms with Crippen LogP contribution >= 0.6 is 15.9 Å². The summed E-state index contributed by atoms with van der Waals surface area (Å²) in [5, 5.41) is 5.17. The van der Waals surface area contributed by atoms with Gasteiger partial charge in [-0.25, -0.2) is 13.6 Å². The number of halogens is 1. The average Bonchev–Trinajstić information content (AvgIpc) is 2.49. The first-order chi connectivity index (χ1) is 12.7. The Morgan fingerprint density at radius 1 is 0.929 bits per heavy atom. The van der Waals surface area contributed by atoms with Crippen molar-refractivity contribution in [3.05, 3.63) is 0 Å². The van der Waals surface area contributed by atoms with Crippen molar-refractivity contribution in [1.29, 1.82) is 0 Å². The predicted molar refractivity (Wildman–Crippen MR) is 92.9 cm³/mol. The Morgan fingerprint density at radius 3 is 1.79 bits per heavy atom. The van der Waals surface area contributed by atoms with Crippen LogP contribution in [0.1, 0.15) is 27.7 Å². The van der Waals surface area contributed by atoms with E-state index in [0.29, 0.717) is 0 Å². The van der Waals surface area contributed by atoms with Crippen molar-refractivity contribution >= 4 is 49.8 Å². The standard InChI is InChI=1S/C14H20BrNO11S/c1-6(17)23-5-14(15)12(26-9(4)20)10(24-7(2)18)11(25-8(3)19)13(27-14)28(16,21)22/h10-13H,5H2,1-4H3,(H2,16,21,22)/t10-,11-,12+,13+,14-/m1/s1. The van der Waals surface area contributed by atoms with Gasteiger partial charge in [-0.2, -0.15) is 0 Å². The van der Waals surface area contributed by atoms with Crippen LogP contribution in [-0.4, -0.2) is 67.2 Å². The normalized spacial score (nSPS) is 30.1. The van der Waals surface area contributed by atoms with Crippen molar-refractivity contribution in [3.8, 4) is 0 Å². The van der Waals surface area contributed by atoms with E-state index in [1.807, 2.05) is 0 Å². The molecule has 0 aliphatic carbocycles. The lowest BCUT2D eigenvalue weighted by Gasteiger charge is -2.47. The van der Waals surface area contributed by atoms with Crippen LogP contribution in [-0.2, 0) is 52.9 Å². The number of alkyl halides is 1. The SMILES string of the molecule is CC(=O)OC[C@@]1(Br)O[C@@H](S(N)(=O)=O)[C@H](OC(C)=O)[C@@H](OC(C)=O)[C@@H]1OC(C)=O. The lowest BCUT2D eigenvalue weighted by atomic mass is 9.99. The van der Waals surface area contributed by atoms with Crippen LogP contribution in [0.25, 0.3) is 0 Å². The van der Waals surface area contributed by atoms with E-state index >= 15 is 0 Å².